The number of hydrogen-bond donors (Lipinski definition) is 0. The average molecular weight is 597 g/mol. The molecule has 2 atom stereocenters. The van der Waals surface area contributed by atoms with Crippen LogP contribution in [0.2, 0.25) is 0 Å². The van der Waals surface area contributed by atoms with Gasteiger partial charge in [-0.25, -0.2) is 0 Å². The molecule has 2 nitrogen and oxygen atoms in total. The smallest absolute Gasteiger partial charge is 0.119 e. The molecule has 6 heteroatoms. The van der Waals surface area contributed by atoms with E-state index in [-0.39, 0.29) is 10.2 Å². The third-order valence-electron chi connectivity index (χ3n) is 7.50. The van der Waals surface area contributed by atoms with Gasteiger partial charge < -0.3 is 9.47 Å². The third kappa shape index (κ3) is 8.19. The normalized spacial score (nSPS) is 20.6. The second-order valence-corrected chi connectivity index (χ2v) is 15.8. The van der Waals surface area contributed by atoms with Crippen LogP contribution in [-0.2, 0) is 15.4 Å². The van der Waals surface area contributed by atoms with Crippen LogP contribution >= 0.6 is 47.0 Å². The van der Waals surface area contributed by atoms with Gasteiger partial charge in [0, 0.05) is 28.3 Å². The van der Waals surface area contributed by atoms with Crippen LogP contribution in [0, 0.1) is 0 Å². The van der Waals surface area contributed by atoms with Crippen molar-refractivity contribution in [1.29, 1.82) is 0 Å². The summed E-state index contributed by atoms with van der Waals surface area (Å²) in [5.41, 5.74) is 2.63. The summed E-state index contributed by atoms with van der Waals surface area (Å²) in [4.78, 5) is 0. The predicted molar refractivity (Wildman–Crippen MR) is 178 cm³/mol. The SMILES string of the molecule is COc1cccc(C2(C/C=C/C(CCC3CCCSCCS3)OCc3cccc4ccccc34)SCCS2)c1. The van der Waals surface area contributed by atoms with Gasteiger partial charge >= 0.3 is 0 Å². The molecule has 2 fully saturated rings. The van der Waals surface area contributed by atoms with Gasteiger partial charge in [0.05, 0.1) is 23.9 Å². The fourth-order valence-corrected chi connectivity index (χ4v) is 11.0. The fraction of sp³-hybridized carbons (Fsp3) is 0.455. The van der Waals surface area contributed by atoms with Crippen molar-refractivity contribution in [3.63, 3.8) is 0 Å². The molecule has 0 radical (unpaired) electrons. The molecule has 3 aromatic rings. The predicted octanol–water partition coefficient (Wildman–Crippen LogP) is 9.42. The first kappa shape index (κ1) is 29.3. The Morgan fingerprint density at radius 1 is 0.949 bits per heavy atom. The maximum Gasteiger partial charge on any atom is 0.119 e. The molecular weight excluding hydrogens is 557 g/mol. The maximum atomic E-state index is 6.69. The van der Waals surface area contributed by atoms with Crippen LogP contribution in [0.5, 0.6) is 5.75 Å². The van der Waals surface area contributed by atoms with Crippen molar-refractivity contribution in [3.8, 4) is 5.75 Å². The van der Waals surface area contributed by atoms with Gasteiger partial charge in [-0.05, 0) is 71.9 Å². The number of allylic oxidation sites excluding steroid dienone is 1. The lowest BCUT2D eigenvalue weighted by molar-refractivity contribution is 0.0655. The molecule has 0 bridgehead atoms. The highest BCUT2D eigenvalue weighted by atomic mass is 32.2. The van der Waals surface area contributed by atoms with E-state index in [1.165, 1.54) is 69.9 Å². The third-order valence-corrected chi connectivity index (χ3v) is 13.7. The fourth-order valence-electron chi connectivity index (χ4n) is 5.39. The van der Waals surface area contributed by atoms with Crippen molar-refractivity contribution in [2.45, 2.75) is 54.1 Å². The van der Waals surface area contributed by atoms with E-state index < -0.39 is 0 Å². The van der Waals surface area contributed by atoms with Gasteiger partial charge in [-0.3, -0.25) is 0 Å². The molecule has 2 heterocycles. The van der Waals surface area contributed by atoms with E-state index >= 15 is 0 Å². The van der Waals surface area contributed by atoms with Crippen LogP contribution in [0.25, 0.3) is 10.8 Å². The summed E-state index contributed by atoms with van der Waals surface area (Å²) in [6.07, 6.45) is 10.9. The molecule has 0 aromatic heterocycles. The highest BCUT2D eigenvalue weighted by molar-refractivity contribution is 8.20. The molecule has 39 heavy (non-hydrogen) atoms. The summed E-state index contributed by atoms with van der Waals surface area (Å²) in [6.45, 7) is 0.648. The molecule has 0 amide bonds. The van der Waals surface area contributed by atoms with E-state index in [0.717, 1.165) is 23.8 Å². The molecule has 0 N–H and O–H groups in total. The van der Waals surface area contributed by atoms with E-state index in [1.807, 2.05) is 6.07 Å². The lowest BCUT2D eigenvalue weighted by atomic mass is 10.0. The summed E-state index contributed by atoms with van der Waals surface area (Å²) in [5, 5.41) is 3.34. The Hall–Kier alpha value is -1.18. The first-order valence-corrected chi connectivity index (χ1v) is 18.3. The Morgan fingerprint density at radius 2 is 1.79 bits per heavy atom. The summed E-state index contributed by atoms with van der Waals surface area (Å²) in [7, 11) is 1.76. The van der Waals surface area contributed by atoms with Crippen molar-refractivity contribution < 1.29 is 9.47 Å². The molecular formula is C33H40O2S4. The monoisotopic (exact) mass is 596 g/mol. The van der Waals surface area contributed by atoms with Gasteiger partial charge in [0.15, 0.2) is 0 Å². The van der Waals surface area contributed by atoms with Gasteiger partial charge in [-0.15, -0.1) is 23.5 Å². The number of methoxy groups -OCH3 is 1. The molecule has 0 saturated carbocycles. The van der Waals surface area contributed by atoms with Crippen LogP contribution < -0.4 is 4.74 Å². The topological polar surface area (TPSA) is 18.5 Å². The second-order valence-electron chi connectivity index (χ2n) is 10.1. The van der Waals surface area contributed by atoms with Crippen LogP contribution in [-0.4, -0.2) is 47.2 Å². The molecule has 2 unspecified atom stereocenters. The maximum absolute atomic E-state index is 6.69. The molecule has 2 saturated heterocycles. The van der Waals surface area contributed by atoms with Crippen LogP contribution in [0.1, 0.15) is 43.2 Å². The van der Waals surface area contributed by atoms with Crippen molar-refractivity contribution in [2.24, 2.45) is 0 Å². The Balaban J connectivity index is 1.29. The van der Waals surface area contributed by atoms with Gasteiger partial charge in [-0.2, -0.15) is 23.5 Å². The first-order valence-electron chi connectivity index (χ1n) is 14.1. The Labute approximate surface area is 251 Å². The molecule has 3 aromatic carbocycles. The van der Waals surface area contributed by atoms with Gasteiger partial charge in [0.1, 0.15) is 5.75 Å². The summed E-state index contributed by atoms with van der Waals surface area (Å²) >= 11 is 8.45. The quantitative estimate of drug-likeness (QED) is 0.204. The lowest BCUT2D eigenvalue weighted by Crippen LogP contribution is -2.17. The minimum Gasteiger partial charge on any atom is -0.497 e. The van der Waals surface area contributed by atoms with E-state index in [9.17, 15) is 0 Å². The van der Waals surface area contributed by atoms with Crippen molar-refractivity contribution in [2.75, 3.05) is 35.9 Å². The summed E-state index contributed by atoms with van der Waals surface area (Å²) < 4.78 is 12.3. The zero-order chi connectivity index (χ0) is 26.8. The molecule has 208 valence electrons. The van der Waals surface area contributed by atoms with Crippen LogP contribution in [0.15, 0.2) is 78.9 Å². The number of benzene rings is 3. The molecule has 0 aliphatic carbocycles. The minimum absolute atomic E-state index is 0.0538. The highest BCUT2D eigenvalue weighted by Crippen LogP contribution is 2.55. The van der Waals surface area contributed by atoms with Gasteiger partial charge in [-0.1, -0.05) is 66.7 Å². The lowest BCUT2D eigenvalue weighted by Gasteiger charge is -2.27. The number of ether oxygens (including phenoxy) is 2. The Bertz CT molecular complexity index is 1190. The van der Waals surface area contributed by atoms with Crippen LogP contribution in [0.4, 0.5) is 0 Å². The average Bonchev–Trinajstić information content (AvgIpc) is 3.45. The van der Waals surface area contributed by atoms with E-state index in [4.69, 9.17) is 9.47 Å². The number of hydrogen-bond acceptors (Lipinski definition) is 6. The largest absolute Gasteiger partial charge is 0.497 e. The van der Waals surface area contributed by atoms with Crippen molar-refractivity contribution in [1.82, 2.24) is 0 Å². The van der Waals surface area contributed by atoms with E-state index in [0.29, 0.717) is 6.61 Å². The van der Waals surface area contributed by atoms with Gasteiger partial charge in [0.2, 0.25) is 0 Å². The Kier molecular flexibility index (Phi) is 11.4. The minimum atomic E-state index is 0.0538. The second kappa shape index (κ2) is 15.2. The Morgan fingerprint density at radius 3 is 2.69 bits per heavy atom. The zero-order valence-corrected chi connectivity index (χ0v) is 26.2. The standard InChI is InChI=1S/C33H40O2S4/c1-34-30-12-5-11-28(24-30)33(38-22-23-39-33)18-6-13-29(16-17-31-14-7-19-36-20-21-37-31)35-25-27-10-4-9-26-8-2-3-15-32(26)27/h2-6,8-13,15,24,29,31H,7,14,16-23,25H2,1H3/b13-6+. The van der Waals surface area contributed by atoms with Crippen molar-refractivity contribution >= 4 is 57.8 Å². The van der Waals surface area contributed by atoms with E-state index in [1.54, 1.807) is 7.11 Å². The number of rotatable bonds is 11. The first-order chi connectivity index (χ1) is 19.3. The number of thioether (sulfide) groups is 4. The zero-order valence-electron chi connectivity index (χ0n) is 22.9. The summed E-state index contributed by atoms with van der Waals surface area (Å²) in [5.74, 6) is 7.21. The molecule has 0 spiro atoms. The summed E-state index contributed by atoms with van der Waals surface area (Å²) in [6, 6.07) is 23.9. The molecule has 5 rings (SSSR count). The molecule has 2 aliphatic rings. The number of fused-ring (bicyclic) bond motifs is 1. The van der Waals surface area contributed by atoms with Crippen LogP contribution in [0.3, 0.4) is 0 Å². The molecule has 2 aliphatic heterocycles. The van der Waals surface area contributed by atoms with Crippen molar-refractivity contribution in [3.05, 3.63) is 90.0 Å². The van der Waals surface area contributed by atoms with Gasteiger partial charge in [0.25, 0.3) is 0 Å². The van der Waals surface area contributed by atoms with E-state index in [2.05, 4.69) is 120 Å². The highest BCUT2D eigenvalue weighted by Gasteiger charge is 2.36.